The van der Waals surface area contributed by atoms with Crippen LogP contribution in [0, 0.1) is 16.7 Å². The molecule has 0 amide bonds. The summed E-state index contributed by atoms with van der Waals surface area (Å²) in [6.07, 6.45) is 1.34. The lowest BCUT2D eigenvalue weighted by Crippen LogP contribution is -2.29. The highest BCUT2D eigenvalue weighted by atomic mass is 32.2. The van der Waals surface area contributed by atoms with Gasteiger partial charge >= 0.3 is 31.6 Å². The quantitative estimate of drug-likeness (QED) is 0.0955. The number of rotatable bonds is 11. The number of phenols is 2. The van der Waals surface area contributed by atoms with Crippen LogP contribution in [-0.2, 0) is 25.7 Å². The molecular formula is C39H34N4O8S2+2. The highest BCUT2D eigenvalue weighted by Crippen LogP contribution is 2.44. The second-order valence-corrected chi connectivity index (χ2v) is 16.0. The topological polar surface area (TPSA) is 184 Å². The van der Waals surface area contributed by atoms with Crippen molar-refractivity contribution >= 4 is 53.2 Å². The zero-order valence-electron chi connectivity index (χ0n) is 28.8. The van der Waals surface area contributed by atoms with Gasteiger partial charge < -0.3 is 18.6 Å². The predicted octanol–water partition coefficient (Wildman–Crippen LogP) is 9.65. The van der Waals surface area contributed by atoms with Gasteiger partial charge in [0, 0.05) is 27.0 Å². The summed E-state index contributed by atoms with van der Waals surface area (Å²) in [6.45, 7) is 6.20. The summed E-state index contributed by atoms with van der Waals surface area (Å²) >= 11 is 0. The van der Waals surface area contributed by atoms with Crippen LogP contribution in [-0.4, -0.2) is 27.0 Å². The third-order valence-electron chi connectivity index (χ3n) is 9.26. The SMILES string of the molecule is CCC(CC(C)C)(c1ccc(OS(=O)(=O)c2cc([N+]#N)c(O)c3ccccc23)cc1)c1ccc(OS(=O)(=O)c2cc([N+]#N)c(O)c3ccccc23)cc1. The Labute approximate surface area is 306 Å². The predicted molar refractivity (Wildman–Crippen MR) is 200 cm³/mol. The van der Waals surface area contributed by atoms with Crippen LogP contribution in [0.3, 0.4) is 0 Å². The van der Waals surface area contributed by atoms with Gasteiger partial charge in [-0.2, -0.15) is 16.8 Å². The molecule has 12 nitrogen and oxygen atoms in total. The molecule has 0 saturated heterocycles. The molecule has 0 aliphatic heterocycles. The molecule has 6 aromatic rings. The molecule has 0 bridgehead atoms. The number of benzene rings is 6. The third-order valence-corrected chi connectivity index (χ3v) is 11.8. The smallest absolute Gasteiger partial charge is 0.428 e. The molecule has 0 spiro atoms. The van der Waals surface area contributed by atoms with Gasteiger partial charge in [0.1, 0.15) is 21.3 Å². The number of phenolic OH excluding ortho intramolecular Hbond substituents is 2. The van der Waals surface area contributed by atoms with Crippen molar-refractivity contribution in [1.82, 2.24) is 0 Å². The standard InChI is InChI=1S/C39H32N4O8S2/c1-4-39(23-24(2)3,25-13-17-27(18-14-25)50-52(46,47)35-21-33(42-40)37(44)31-11-7-5-9-29(31)35)26-15-19-28(20-16-26)51-53(48,49)36-22-34(43-41)38(45)32-12-8-6-10-30(32)36/h5-22,24H,4,23H2,1-3H3/p+2. The molecule has 6 aromatic carbocycles. The van der Waals surface area contributed by atoms with Gasteiger partial charge in [-0.3, -0.25) is 0 Å². The Balaban J connectivity index is 1.31. The summed E-state index contributed by atoms with van der Waals surface area (Å²) in [5.74, 6) is -0.433. The van der Waals surface area contributed by atoms with Crippen molar-refractivity contribution in [1.29, 1.82) is 10.8 Å². The number of hydrogen-bond acceptors (Lipinski definition) is 10. The minimum Gasteiger partial charge on any atom is -0.501 e. The van der Waals surface area contributed by atoms with Crippen LogP contribution in [0.15, 0.2) is 119 Å². The molecule has 53 heavy (non-hydrogen) atoms. The molecule has 0 heterocycles. The van der Waals surface area contributed by atoms with Crippen LogP contribution >= 0.6 is 0 Å². The van der Waals surface area contributed by atoms with Crippen LogP contribution in [0.1, 0.15) is 44.7 Å². The van der Waals surface area contributed by atoms with Gasteiger partial charge in [-0.15, -0.1) is 0 Å². The fraction of sp³-hybridized carbons (Fsp3) is 0.179. The first-order valence-corrected chi connectivity index (χ1v) is 19.4. The number of hydrogen-bond donors (Lipinski definition) is 2. The van der Waals surface area contributed by atoms with Crippen LogP contribution < -0.4 is 8.37 Å². The Morgan fingerprint density at radius 1 is 0.623 bits per heavy atom. The largest absolute Gasteiger partial charge is 0.501 e. The minimum absolute atomic E-state index is 0.0378. The molecule has 6 rings (SSSR count). The van der Waals surface area contributed by atoms with Gasteiger partial charge in [0.2, 0.25) is 22.3 Å². The van der Waals surface area contributed by atoms with Gasteiger partial charge in [-0.1, -0.05) is 93.6 Å². The van der Waals surface area contributed by atoms with Crippen LogP contribution in [0.4, 0.5) is 11.4 Å². The summed E-state index contributed by atoms with van der Waals surface area (Å²) in [6, 6.07) is 27.9. The maximum Gasteiger partial charge on any atom is 0.428 e. The highest BCUT2D eigenvalue weighted by molar-refractivity contribution is 7.87. The van der Waals surface area contributed by atoms with E-state index in [0.29, 0.717) is 12.8 Å². The van der Waals surface area contributed by atoms with Crippen molar-refractivity contribution < 1.29 is 35.4 Å². The van der Waals surface area contributed by atoms with Gasteiger partial charge in [0.15, 0.2) is 9.95 Å². The summed E-state index contributed by atoms with van der Waals surface area (Å²) in [5.41, 5.74) is 0.520. The summed E-state index contributed by atoms with van der Waals surface area (Å²) in [4.78, 5) is 5.50. The first kappa shape index (κ1) is 36.6. The Morgan fingerprint density at radius 2 is 0.981 bits per heavy atom. The van der Waals surface area contributed by atoms with E-state index in [4.69, 9.17) is 8.37 Å². The molecule has 14 heteroatoms. The summed E-state index contributed by atoms with van der Waals surface area (Å²) < 4.78 is 65.2. The minimum atomic E-state index is -4.45. The lowest BCUT2D eigenvalue weighted by molar-refractivity contribution is 0.385. The lowest BCUT2D eigenvalue weighted by atomic mass is 9.68. The second-order valence-electron chi connectivity index (χ2n) is 12.9. The molecule has 0 radical (unpaired) electrons. The fourth-order valence-corrected chi connectivity index (χ4v) is 9.16. The van der Waals surface area contributed by atoms with Crippen molar-refractivity contribution in [2.45, 2.75) is 48.8 Å². The molecule has 0 atom stereocenters. The Kier molecular flexibility index (Phi) is 9.71. The number of diazo groups is 2. The van der Waals surface area contributed by atoms with E-state index in [0.717, 1.165) is 23.3 Å². The molecular weight excluding hydrogens is 717 g/mol. The average Bonchev–Trinajstić information content (AvgIpc) is 3.14. The zero-order chi connectivity index (χ0) is 38.1. The monoisotopic (exact) mass is 750 g/mol. The molecule has 0 aromatic heterocycles. The van der Waals surface area contributed by atoms with Crippen LogP contribution in [0.2, 0.25) is 0 Å². The van der Waals surface area contributed by atoms with Crippen molar-refractivity contribution in [2.75, 3.05) is 0 Å². The number of nitrogens with zero attached hydrogens (tertiary/aromatic N) is 4. The maximum absolute atomic E-state index is 13.5. The normalized spacial score (nSPS) is 12.0. The molecule has 0 unspecified atom stereocenters. The molecule has 0 aliphatic rings. The number of fused-ring (bicyclic) bond motifs is 2. The van der Waals surface area contributed by atoms with E-state index >= 15 is 0 Å². The van der Waals surface area contributed by atoms with E-state index < -0.39 is 25.7 Å². The molecule has 0 aliphatic carbocycles. The fourth-order valence-electron chi connectivity index (χ4n) is 6.85. The maximum atomic E-state index is 13.5. The van der Waals surface area contributed by atoms with Gasteiger partial charge in [-0.05, 0) is 54.2 Å². The Bertz CT molecular complexity index is 2510. The summed E-state index contributed by atoms with van der Waals surface area (Å²) in [5, 5.41) is 40.4. The van der Waals surface area contributed by atoms with E-state index in [9.17, 15) is 37.8 Å². The molecule has 0 fully saturated rings. The average molecular weight is 751 g/mol. The first-order valence-electron chi connectivity index (χ1n) is 16.5. The zero-order valence-corrected chi connectivity index (χ0v) is 30.5. The highest BCUT2D eigenvalue weighted by Gasteiger charge is 2.35. The number of aromatic hydroxyl groups is 2. The van der Waals surface area contributed by atoms with E-state index in [1.165, 1.54) is 24.3 Å². The molecule has 268 valence electrons. The molecule has 2 N–H and O–H groups in total. The molecule has 0 saturated carbocycles. The van der Waals surface area contributed by atoms with Crippen LogP contribution in [0.25, 0.3) is 31.5 Å². The van der Waals surface area contributed by atoms with Crippen LogP contribution in [0.5, 0.6) is 23.0 Å². The van der Waals surface area contributed by atoms with Crippen molar-refractivity contribution in [3.63, 3.8) is 0 Å². The van der Waals surface area contributed by atoms with E-state index in [-0.39, 0.29) is 71.6 Å². The Morgan fingerprint density at radius 3 is 1.30 bits per heavy atom. The second kappa shape index (κ2) is 14.1. The van der Waals surface area contributed by atoms with E-state index in [1.54, 1.807) is 72.8 Å². The van der Waals surface area contributed by atoms with Gasteiger partial charge in [-0.25, -0.2) is 0 Å². The third kappa shape index (κ3) is 6.78. The van der Waals surface area contributed by atoms with Gasteiger partial charge in [0.05, 0.1) is 12.1 Å². The first-order chi connectivity index (χ1) is 25.2. The van der Waals surface area contributed by atoms with Crippen molar-refractivity contribution in [3.8, 4) is 23.0 Å². The summed E-state index contributed by atoms with van der Waals surface area (Å²) in [7, 11) is -8.90. The van der Waals surface area contributed by atoms with E-state index in [2.05, 4.69) is 23.8 Å². The Hall–Kier alpha value is -6.22. The van der Waals surface area contributed by atoms with Gasteiger partial charge in [0.25, 0.3) is 0 Å². The van der Waals surface area contributed by atoms with Crippen molar-refractivity contribution in [3.05, 3.63) is 130 Å². The van der Waals surface area contributed by atoms with E-state index in [1.807, 2.05) is 6.92 Å². The lowest BCUT2D eigenvalue weighted by Gasteiger charge is -2.36. The van der Waals surface area contributed by atoms with Crippen molar-refractivity contribution in [2.24, 2.45) is 5.92 Å².